The highest BCUT2D eigenvalue weighted by Crippen LogP contribution is 2.52. The van der Waals surface area contributed by atoms with Crippen molar-refractivity contribution >= 4 is 38.9 Å². The summed E-state index contributed by atoms with van der Waals surface area (Å²) in [4.78, 5) is 19.3. The Hall–Kier alpha value is -3.56. The van der Waals surface area contributed by atoms with Crippen LogP contribution >= 0.6 is 11.6 Å². The van der Waals surface area contributed by atoms with E-state index in [-0.39, 0.29) is 17.5 Å². The molecule has 4 aromatic rings. The number of carbonyl (C=O) groups is 1. The molecule has 1 unspecified atom stereocenters. The van der Waals surface area contributed by atoms with Crippen LogP contribution in [0.4, 0.5) is 4.39 Å². The van der Waals surface area contributed by atoms with Gasteiger partial charge >= 0.3 is 0 Å². The lowest BCUT2D eigenvalue weighted by Gasteiger charge is -2.44. The monoisotopic (exact) mass is 563 g/mol. The molecule has 0 N–H and O–H groups in total. The van der Waals surface area contributed by atoms with Gasteiger partial charge in [0.2, 0.25) is 0 Å². The van der Waals surface area contributed by atoms with Crippen molar-refractivity contribution in [1.29, 1.82) is 0 Å². The van der Waals surface area contributed by atoms with Gasteiger partial charge in [0.1, 0.15) is 11.5 Å². The van der Waals surface area contributed by atoms with E-state index in [2.05, 4.69) is 27.1 Å². The van der Waals surface area contributed by atoms with Crippen LogP contribution in [0.25, 0.3) is 11.8 Å². The van der Waals surface area contributed by atoms with Gasteiger partial charge in [0.15, 0.2) is 5.78 Å². The van der Waals surface area contributed by atoms with Crippen molar-refractivity contribution in [3.63, 3.8) is 0 Å². The van der Waals surface area contributed by atoms with E-state index in [1.807, 2.05) is 0 Å². The molecule has 0 spiro atoms. The van der Waals surface area contributed by atoms with Gasteiger partial charge in [-0.2, -0.15) is 10.2 Å². The number of carbonyl (C=O) groups excluding carboxylic acids is 1. The molecule has 1 saturated carbocycles. The predicted molar refractivity (Wildman–Crippen MR) is 150 cm³/mol. The Balaban J connectivity index is 1.40. The first kappa shape index (κ1) is 25.7. The summed E-state index contributed by atoms with van der Waals surface area (Å²) in [5.41, 5.74) is 2.99. The van der Waals surface area contributed by atoms with Crippen molar-refractivity contribution in [2.75, 3.05) is 5.75 Å². The molecule has 0 amide bonds. The predicted octanol–water partition coefficient (Wildman–Crippen LogP) is 5.18. The third-order valence-corrected chi connectivity index (χ3v) is 10.2. The lowest BCUT2D eigenvalue weighted by atomic mass is 9.59. The maximum absolute atomic E-state index is 14.3. The SMILES string of the molecule is C=S(=O)(C[C@H]1CCC2=Cc3c(cnn3-c3ccc(F)cc3)C[C@]2(C(=O)c2cc(Cl)ccn2)C1)c1cnn(C)c1. The highest BCUT2D eigenvalue weighted by Gasteiger charge is 2.49. The van der Waals surface area contributed by atoms with Gasteiger partial charge in [-0.1, -0.05) is 17.2 Å². The number of nitrogens with zero attached hydrogens (tertiary/aromatic N) is 5. The summed E-state index contributed by atoms with van der Waals surface area (Å²) in [7, 11) is -0.809. The molecule has 200 valence electrons. The first-order valence-corrected chi connectivity index (χ1v) is 15.0. The summed E-state index contributed by atoms with van der Waals surface area (Å²) < 4.78 is 30.6. The van der Waals surface area contributed by atoms with Gasteiger partial charge in [-0.3, -0.25) is 18.7 Å². The summed E-state index contributed by atoms with van der Waals surface area (Å²) in [5, 5.41) is 9.21. The van der Waals surface area contributed by atoms with E-state index in [0.717, 1.165) is 28.9 Å². The number of aryl methyl sites for hydroxylation is 1. The number of allylic oxidation sites excluding steroid dienone is 1. The van der Waals surface area contributed by atoms with Crippen LogP contribution in [0.1, 0.15) is 41.0 Å². The van der Waals surface area contributed by atoms with Crippen molar-refractivity contribution in [3.8, 4) is 5.69 Å². The minimum absolute atomic E-state index is 0.00387. The van der Waals surface area contributed by atoms with Gasteiger partial charge in [0.25, 0.3) is 0 Å². The highest BCUT2D eigenvalue weighted by molar-refractivity contribution is 8.00. The zero-order valence-electron chi connectivity index (χ0n) is 21.4. The number of hydrogen-bond acceptors (Lipinski definition) is 5. The van der Waals surface area contributed by atoms with Gasteiger partial charge in [-0.15, -0.1) is 0 Å². The quantitative estimate of drug-likeness (QED) is 0.238. The molecule has 1 aromatic carbocycles. The fraction of sp³-hybridized carbons (Fsp3) is 0.276. The molecule has 1 fully saturated rings. The van der Waals surface area contributed by atoms with Gasteiger partial charge in [-0.05, 0) is 95.0 Å². The average molecular weight is 564 g/mol. The van der Waals surface area contributed by atoms with Crippen LogP contribution in [0.2, 0.25) is 5.02 Å². The number of pyridine rings is 1. The molecular formula is C29H27ClFN5O2S. The van der Waals surface area contributed by atoms with Crippen molar-refractivity contribution in [3.05, 3.63) is 94.5 Å². The normalized spacial score (nSPS) is 21.9. The molecule has 0 saturated heterocycles. The largest absolute Gasteiger partial charge is 0.291 e. The Morgan fingerprint density at radius 3 is 2.74 bits per heavy atom. The lowest BCUT2D eigenvalue weighted by molar-refractivity contribution is 0.0763. The van der Waals surface area contributed by atoms with E-state index in [4.69, 9.17) is 11.6 Å². The number of benzene rings is 1. The molecule has 39 heavy (non-hydrogen) atoms. The summed E-state index contributed by atoms with van der Waals surface area (Å²) >= 11 is 6.25. The van der Waals surface area contributed by atoms with E-state index in [0.29, 0.717) is 40.6 Å². The summed E-state index contributed by atoms with van der Waals surface area (Å²) in [6, 6.07) is 9.43. The molecule has 0 aliphatic heterocycles. The number of halogens is 2. The van der Waals surface area contributed by atoms with Crippen LogP contribution in [0.5, 0.6) is 0 Å². The molecule has 0 bridgehead atoms. The summed E-state index contributed by atoms with van der Waals surface area (Å²) in [6.45, 7) is 0. The van der Waals surface area contributed by atoms with Gasteiger partial charge in [0.05, 0.1) is 34.1 Å². The van der Waals surface area contributed by atoms with Crippen LogP contribution in [-0.4, -0.2) is 46.2 Å². The number of fused-ring (bicyclic) bond motifs is 2. The zero-order chi connectivity index (χ0) is 27.4. The van der Waals surface area contributed by atoms with Crippen LogP contribution in [0.3, 0.4) is 0 Å². The highest BCUT2D eigenvalue weighted by atomic mass is 35.5. The van der Waals surface area contributed by atoms with Crippen molar-refractivity contribution in [1.82, 2.24) is 24.5 Å². The molecular weight excluding hydrogens is 537 g/mol. The fourth-order valence-corrected chi connectivity index (χ4v) is 7.97. The number of ketones is 1. The Labute approximate surface area is 231 Å². The van der Waals surface area contributed by atoms with E-state index in [1.54, 1.807) is 65.5 Å². The minimum atomic E-state index is -2.59. The van der Waals surface area contributed by atoms with Crippen molar-refractivity contribution in [2.24, 2.45) is 18.4 Å². The van der Waals surface area contributed by atoms with E-state index in [9.17, 15) is 13.4 Å². The second kappa shape index (κ2) is 9.57. The molecule has 6 rings (SSSR count). The average Bonchev–Trinajstić information content (AvgIpc) is 3.53. The number of Topliss-reactive ketones (excluding diaryl/α,β-unsaturated/α-hetero) is 1. The first-order valence-electron chi connectivity index (χ1n) is 12.7. The molecule has 10 heteroatoms. The minimum Gasteiger partial charge on any atom is -0.291 e. The molecule has 2 aliphatic carbocycles. The molecule has 2 aliphatic rings. The van der Waals surface area contributed by atoms with E-state index < -0.39 is 14.9 Å². The molecule has 3 aromatic heterocycles. The Bertz CT molecular complexity index is 1720. The Morgan fingerprint density at radius 2 is 2.03 bits per heavy atom. The second-order valence-corrected chi connectivity index (χ2v) is 13.4. The molecule has 3 atom stereocenters. The zero-order valence-corrected chi connectivity index (χ0v) is 23.0. The maximum atomic E-state index is 14.3. The lowest BCUT2D eigenvalue weighted by Crippen LogP contribution is -2.43. The van der Waals surface area contributed by atoms with E-state index in [1.165, 1.54) is 12.1 Å². The molecule has 7 nitrogen and oxygen atoms in total. The summed E-state index contributed by atoms with van der Waals surface area (Å²) in [5.74, 6) is 4.03. The third kappa shape index (κ3) is 4.63. The first-order chi connectivity index (χ1) is 18.6. The summed E-state index contributed by atoms with van der Waals surface area (Å²) in [6.07, 6.45) is 11.1. The van der Waals surface area contributed by atoms with E-state index >= 15 is 0 Å². The number of hydrogen-bond donors (Lipinski definition) is 0. The molecule has 0 radical (unpaired) electrons. The van der Waals surface area contributed by atoms with Crippen LogP contribution < -0.4 is 0 Å². The Kier molecular flexibility index (Phi) is 6.31. The third-order valence-electron chi connectivity index (χ3n) is 7.84. The van der Waals surface area contributed by atoms with Gasteiger partial charge in [-0.25, -0.2) is 9.07 Å². The Morgan fingerprint density at radius 1 is 1.23 bits per heavy atom. The smallest absolute Gasteiger partial charge is 0.191 e. The van der Waals surface area contributed by atoms with Gasteiger partial charge in [0, 0.05) is 30.2 Å². The van der Waals surface area contributed by atoms with Crippen LogP contribution in [-0.2, 0) is 23.0 Å². The fourth-order valence-electron chi connectivity index (χ4n) is 5.98. The van der Waals surface area contributed by atoms with Crippen LogP contribution in [0, 0.1) is 17.2 Å². The van der Waals surface area contributed by atoms with Crippen LogP contribution in [0.15, 0.2) is 71.7 Å². The van der Waals surface area contributed by atoms with Crippen molar-refractivity contribution < 1.29 is 13.4 Å². The number of aromatic nitrogens is 5. The second-order valence-electron chi connectivity index (χ2n) is 10.5. The van der Waals surface area contributed by atoms with Gasteiger partial charge < -0.3 is 0 Å². The topological polar surface area (TPSA) is 82.7 Å². The molecule has 3 heterocycles. The number of rotatable bonds is 6. The standard InChI is InChI=1S/C29H27ClFN5O2S/c1-35-17-25(16-33-35)39(2,38)18-19-3-4-21-11-27-20(15-34-36(27)24-7-5-23(31)6-8-24)14-29(21,13-19)28(37)26-12-22(30)9-10-32-26/h5-12,15-17,19H,2-4,13-14,18H2,1H3/t19-,29+,39?/m0/s1. The maximum Gasteiger partial charge on any atom is 0.191 e. The van der Waals surface area contributed by atoms with Crippen molar-refractivity contribution in [2.45, 2.75) is 30.6 Å².